The molecule has 0 saturated carbocycles. The zero-order chi connectivity index (χ0) is 20.4. The van der Waals surface area contributed by atoms with Crippen molar-refractivity contribution in [3.63, 3.8) is 0 Å². The van der Waals surface area contributed by atoms with Crippen LogP contribution in [0.2, 0.25) is 0 Å². The van der Waals surface area contributed by atoms with E-state index in [1.165, 1.54) is 0 Å². The summed E-state index contributed by atoms with van der Waals surface area (Å²) in [6.45, 7) is 11.2. The summed E-state index contributed by atoms with van der Waals surface area (Å²) in [6, 6.07) is 7.88. The van der Waals surface area contributed by atoms with Crippen LogP contribution >= 0.6 is 35.3 Å². The van der Waals surface area contributed by atoms with Crippen LogP contribution in [0.1, 0.15) is 44.8 Å². The number of guanidine groups is 1. The third kappa shape index (κ3) is 9.31. The fourth-order valence-electron chi connectivity index (χ4n) is 2.38. The van der Waals surface area contributed by atoms with E-state index in [1.54, 1.807) is 18.4 Å². The van der Waals surface area contributed by atoms with Gasteiger partial charge < -0.3 is 20.1 Å². The molecule has 0 amide bonds. The molecule has 1 aromatic heterocycles. The maximum absolute atomic E-state index is 5.77. The average Bonchev–Trinajstić information content (AvgIpc) is 3.13. The van der Waals surface area contributed by atoms with Crippen molar-refractivity contribution in [2.45, 2.75) is 46.1 Å². The van der Waals surface area contributed by atoms with Crippen LogP contribution in [0.15, 0.2) is 34.6 Å². The summed E-state index contributed by atoms with van der Waals surface area (Å²) >= 11 is 1.69. The Bertz CT molecular complexity index is 759. The van der Waals surface area contributed by atoms with Gasteiger partial charge in [-0.15, -0.1) is 35.3 Å². The first-order chi connectivity index (χ1) is 13.4. The van der Waals surface area contributed by atoms with Crippen LogP contribution < -0.4 is 15.4 Å². The molecule has 162 valence electrons. The van der Waals surface area contributed by atoms with E-state index in [1.807, 2.05) is 31.2 Å². The van der Waals surface area contributed by atoms with E-state index in [0.29, 0.717) is 19.8 Å². The van der Waals surface area contributed by atoms with Gasteiger partial charge in [0.25, 0.3) is 0 Å². The van der Waals surface area contributed by atoms with Crippen LogP contribution in [-0.4, -0.2) is 37.8 Å². The molecule has 0 unspecified atom stereocenters. The van der Waals surface area contributed by atoms with Crippen molar-refractivity contribution in [1.29, 1.82) is 0 Å². The van der Waals surface area contributed by atoms with Crippen molar-refractivity contribution in [2.75, 3.05) is 32.2 Å². The van der Waals surface area contributed by atoms with Gasteiger partial charge in [-0.2, -0.15) is 0 Å². The lowest BCUT2D eigenvalue weighted by atomic mass is 9.98. The smallest absolute Gasteiger partial charge is 0.196 e. The second-order valence-corrected chi connectivity index (χ2v) is 8.29. The van der Waals surface area contributed by atoms with Gasteiger partial charge in [0.05, 0.1) is 23.9 Å². The standard InChI is InChI=1S/C21H32N4O2S.HI/c1-6-22-20(23-14-17-15-28-19(24-17)21(2,3)4)25-16-9-7-10-18(13-16)27-12-8-11-26-5;/h7,9-10,13,15H,6,8,11-12,14H2,1-5H3,(H2,22,23,25);1H. The highest BCUT2D eigenvalue weighted by Gasteiger charge is 2.17. The molecular formula is C21H33IN4O2S. The van der Waals surface area contributed by atoms with E-state index >= 15 is 0 Å². The molecule has 2 N–H and O–H groups in total. The van der Waals surface area contributed by atoms with Crippen molar-refractivity contribution in [3.05, 3.63) is 40.3 Å². The fraction of sp³-hybridized carbons (Fsp3) is 0.524. The summed E-state index contributed by atoms with van der Waals surface area (Å²) in [6.07, 6.45) is 0.864. The summed E-state index contributed by atoms with van der Waals surface area (Å²) < 4.78 is 10.8. The van der Waals surface area contributed by atoms with Crippen LogP contribution in [0.4, 0.5) is 5.69 Å². The molecule has 0 aliphatic rings. The Labute approximate surface area is 195 Å². The molecule has 0 radical (unpaired) electrons. The van der Waals surface area contributed by atoms with Gasteiger partial charge in [0.1, 0.15) is 5.75 Å². The number of nitrogens with zero attached hydrogens (tertiary/aromatic N) is 2. The lowest BCUT2D eigenvalue weighted by molar-refractivity contribution is 0.172. The third-order valence-corrected chi connectivity index (χ3v) is 5.11. The van der Waals surface area contributed by atoms with Crippen molar-refractivity contribution in [2.24, 2.45) is 4.99 Å². The van der Waals surface area contributed by atoms with E-state index in [2.05, 4.69) is 41.8 Å². The van der Waals surface area contributed by atoms with Crippen LogP contribution in [0, 0.1) is 0 Å². The normalized spacial score (nSPS) is 11.7. The minimum atomic E-state index is 0. The van der Waals surface area contributed by atoms with Crippen LogP contribution in [0.5, 0.6) is 5.75 Å². The molecule has 0 saturated heterocycles. The molecule has 6 nitrogen and oxygen atoms in total. The Morgan fingerprint density at radius 3 is 2.69 bits per heavy atom. The number of ether oxygens (including phenoxy) is 2. The number of aliphatic imine (C=N–C) groups is 1. The summed E-state index contributed by atoms with van der Waals surface area (Å²) in [4.78, 5) is 9.38. The van der Waals surface area contributed by atoms with Gasteiger partial charge in [-0.1, -0.05) is 26.8 Å². The fourth-order valence-corrected chi connectivity index (χ4v) is 3.28. The Balaban J connectivity index is 0.00000420. The summed E-state index contributed by atoms with van der Waals surface area (Å²) in [5.41, 5.74) is 1.99. The number of hydrogen-bond acceptors (Lipinski definition) is 5. The summed E-state index contributed by atoms with van der Waals surface area (Å²) in [5.74, 6) is 1.55. The SMILES string of the molecule is CCNC(=NCc1csc(C(C)(C)C)n1)Nc1cccc(OCCCOC)c1.I. The lowest BCUT2D eigenvalue weighted by Gasteiger charge is -2.13. The van der Waals surface area contributed by atoms with E-state index in [0.717, 1.165) is 41.1 Å². The second kappa shape index (κ2) is 13.0. The van der Waals surface area contributed by atoms with Gasteiger partial charge in [0, 0.05) is 49.2 Å². The molecule has 2 aromatic rings. The number of benzene rings is 1. The molecule has 29 heavy (non-hydrogen) atoms. The van der Waals surface area contributed by atoms with Gasteiger partial charge in [-0.3, -0.25) is 0 Å². The summed E-state index contributed by atoms with van der Waals surface area (Å²) in [5, 5.41) is 9.83. The van der Waals surface area contributed by atoms with E-state index in [9.17, 15) is 0 Å². The number of rotatable bonds is 9. The molecular weight excluding hydrogens is 499 g/mol. The zero-order valence-corrected chi connectivity index (χ0v) is 21.1. The van der Waals surface area contributed by atoms with E-state index in [4.69, 9.17) is 14.5 Å². The number of halogens is 1. The Morgan fingerprint density at radius 2 is 2.03 bits per heavy atom. The maximum atomic E-state index is 5.77. The first-order valence-electron chi connectivity index (χ1n) is 9.64. The minimum absolute atomic E-state index is 0. The third-order valence-electron chi connectivity index (χ3n) is 3.80. The second-order valence-electron chi connectivity index (χ2n) is 7.44. The molecule has 0 aliphatic carbocycles. The number of nitrogens with one attached hydrogen (secondary N) is 2. The molecule has 2 rings (SSSR count). The predicted octanol–water partition coefficient (Wildman–Crippen LogP) is 5.05. The predicted molar refractivity (Wildman–Crippen MR) is 133 cm³/mol. The highest BCUT2D eigenvalue weighted by atomic mass is 127. The van der Waals surface area contributed by atoms with Crippen molar-refractivity contribution >= 4 is 47.0 Å². The van der Waals surface area contributed by atoms with Crippen LogP contribution in [-0.2, 0) is 16.7 Å². The van der Waals surface area contributed by atoms with Crippen molar-refractivity contribution in [1.82, 2.24) is 10.3 Å². The van der Waals surface area contributed by atoms with Crippen LogP contribution in [0.3, 0.4) is 0 Å². The maximum Gasteiger partial charge on any atom is 0.196 e. The van der Waals surface area contributed by atoms with Gasteiger partial charge in [-0.25, -0.2) is 9.98 Å². The van der Waals surface area contributed by atoms with Gasteiger partial charge in [0.15, 0.2) is 5.96 Å². The van der Waals surface area contributed by atoms with Crippen molar-refractivity contribution < 1.29 is 9.47 Å². The molecule has 0 bridgehead atoms. The van der Waals surface area contributed by atoms with Gasteiger partial charge >= 0.3 is 0 Å². The van der Waals surface area contributed by atoms with Gasteiger partial charge in [-0.05, 0) is 19.1 Å². The van der Waals surface area contributed by atoms with E-state index in [-0.39, 0.29) is 29.4 Å². The number of methoxy groups -OCH3 is 1. The molecule has 0 aliphatic heterocycles. The lowest BCUT2D eigenvalue weighted by Crippen LogP contribution is -2.30. The Hall–Kier alpha value is -1.39. The molecule has 0 spiro atoms. The first kappa shape index (κ1) is 25.6. The average molecular weight is 532 g/mol. The van der Waals surface area contributed by atoms with Crippen LogP contribution in [0.25, 0.3) is 0 Å². The summed E-state index contributed by atoms with van der Waals surface area (Å²) in [7, 11) is 1.70. The Morgan fingerprint density at radius 1 is 1.24 bits per heavy atom. The van der Waals surface area contributed by atoms with E-state index < -0.39 is 0 Å². The highest BCUT2D eigenvalue weighted by molar-refractivity contribution is 14.0. The van der Waals surface area contributed by atoms with Crippen molar-refractivity contribution in [3.8, 4) is 5.75 Å². The number of aromatic nitrogens is 1. The molecule has 0 atom stereocenters. The molecule has 8 heteroatoms. The number of thiazole rings is 1. The molecule has 0 fully saturated rings. The number of hydrogen-bond donors (Lipinski definition) is 2. The Kier molecular flexibility index (Phi) is 11.5. The minimum Gasteiger partial charge on any atom is -0.493 e. The number of anilines is 1. The first-order valence-corrected chi connectivity index (χ1v) is 10.5. The molecule has 1 heterocycles. The quantitative estimate of drug-likeness (QED) is 0.205. The van der Waals surface area contributed by atoms with Gasteiger partial charge in [0.2, 0.25) is 0 Å². The topological polar surface area (TPSA) is 67.8 Å². The largest absolute Gasteiger partial charge is 0.493 e. The molecule has 1 aromatic carbocycles. The monoisotopic (exact) mass is 532 g/mol. The zero-order valence-electron chi connectivity index (χ0n) is 17.9. The highest BCUT2D eigenvalue weighted by Crippen LogP contribution is 2.25.